The number of likely N-dealkylation sites (N-methyl/N-ethyl adjacent to an activating group) is 1. The van der Waals surface area contributed by atoms with E-state index >= 15 is 0 Å². The Kier molecular flexibility index (Phi) is 5.42. The van der Waals surface area contributed by atoms with Gasteiger partial charge in [-0.1, -0.05) is 12.1 Å². The summed E-state index contributed by atoms with van der Waals surface area (Å²) >= 11 is 0. The van der Waals surface area contributed by atoms with Crippen molar-refractivity contribution < 1.29 is 17.9 Å². The van der Waals surface area contributed by atoms with E-state index in [2.05, 4.69) is 32.8 Å². The molecule has 29 heavy (non-hydrogen) atoms. The smallest absolute Gasteiger partial charge is 0.416 e. The first-order valence-corrected chi connectivity index (χ1v) is 9.53. The Balaban J connectivity index is 1.35. The van der Waals surface area contributed by atoms with Crippen LogP contribution in [0.4, 0.5) is 18.9 Å². The van der Waals surface area contributed by atoms with E-state index in [9.17, 15) is 13.2 Å². The molecule has 4 rings (SSSR count). The molecule has 0 saturated carbocycles. The summed E-state index contributed by atoms with van der Waals surface area (Å²) in [5, 5.41) is 9.57. The van der Waals surface area contributed by atoms with Gasteiger partial charge in [0.25, 0.3) is 0 Å². The average molecular weight is 407 g/mol. The fourth-order valence-electron chi connectivity index (χ4n) is 3.44. The maximum absolute atomic E-state index is 12.9. The predicted molar refractivity (Wildman–Crippen MR) is 104 cm³/mol. The number of dihydropyridines is 1. The number of ether oxygens (including phenoxy) is 1. The molecule has 1 fully saturated rings. The number of alkyl halides is 3. The number of rotatable bonds is 4. The minimum Gasteiger partial charge on any atom is -0.454 e. The Labute approximate surface area is 167 Å². The number of hydrogen-bond donors (Lipinski definition) is 3. The van der Waals surface area contributed by atoms with E-state index in [0.717, 1.165) is 44.0 Å². The van der Waals surface area contributed by atoms with Gasteiger partial charge in [0.1, 0.15) is 6.17 Å². The van der Waals surface area contributed by atoms with E-state index in [4.69, 9.17) is 4.74 Å². The Morgan fingerprint density at radius 3 is 2.72 bits per heavy atom. The van der Waals surface area contributed by atoms with Gasteiger partial charge in [0.2, 0.25) is 6.35 Å². The molecule has 1 saturated heterocycles. The third-order valence-corrected chi connectivity index (χ3v) is 5.12. The van der Waals surface area contributed by atoms with Crippen LogP contribution in [0.3, 0.4) is 0 Å². The summed E-state index contributed by atoms with van der Waals surface area (Å²) in [6.07, 6.45) is 2.46. The summed E-state index contributed by atoms with van der Waals surface area (Å²) < 4.78 is 44.8. The van der Waals surface area contributed by atoms with Crippen LogP contribution >= 0.6 is 0 Å². The van der Waals surface area contributed by atoms with Gasteiger partial charge in [-0.2, -0.15) is 13.2 Å². The minimum atomic E-state index is -4.37. The summed E-state index contributed by atoms with van der Waals surface area (Å²) in [6, 6.07) is 5.16. The second-order valence-corrected chi connectivity index (χ2v) is 7.29. The largest absolute Gasteiger partial charge is 0.454 e. The van der Waals surface area contributed by atoms with Crippen molar-refractivity contribution in [1.82, 2.24) is 20.4 Å². The van der Waals surface area contributed by atoms with Gasteiger partial charge in [0.15, 0.2) is 5.76 Å². The maximum atomic E-state index is 12.9. The van der Waals surface area contributed by atoms with Gasteiger partial charge in [-0.25, -0.2) is 4.90 Å². The summed E-state index contributed by atoms with van der Waals surface area (Å²) in [6.45, 7) is 3.82. The van der Waals surface area contributed by atoms with Crippen molar-refractivity contribution in [2.45, 2.75) is 18.7 Å². The zero-order valence-corrected chi connectivity index (χ0v) is 16.0. The molecule has 6 nitrogen and oxygen atoms in total. The lowest BCUT2D eigenvalue weighted by Gasteiger charge is -2.35. The number of anilines is 1. The van der Waals surface area contributed by atoms with Crippen LogP contribution in [-0.2, 0) is 10.9 Å². The van der Waals surface area contributed by atoms with Crippen LogP contribution in [0, 0.1) is 0 Å². The normalized spacial score (nSPS) is 25.5. The highest BCUT2D eigenvalue weighted by molar-refractivity contribution is 5.49. The monoisotopic (exact) mass is 407 g/mol. The molecule has 3 aliphatic rings. The van der Waals surface area contributed by atoms with Crippen molar-refractivity contribution in [3.8, 4) is 0 Å². The standard InChI is InChI=1S/C20H24F3N5O/c1-27-8-10-28(11-9-27)19-24-13-17(29-19)16-6-3-7-18(26-16)25-15-5-2-4-14(12-15)20(21,22)23/h2-7,12-13,18-19,24-26H,8-11H2,1H3. The third kappa shape index (κ3) is 4.68. The molecule has 3 heterocycles. The molecule has 0 bridgehead atoms. The summed E-state index contributed by atoms with van der Waals surface area (Å²) in [4.78, 5) is 4.51. The topological polar surface area (TPSA) is 51.8 Å². The van der Waals surface area contributed by atoms with Crippen LogP contribution in [-0.4, -0.2) is 55.5 Å². The Hall–Kier alpha value is -2.65. The van der Waals surface area contributed by atoms with Crippen molar-refractivity contribution in [1.29, 1.82) is 0 Å². The molecule has 0 radical (unpaired) electrons. The highest BCUT2D eigenvalue weighted by Gasteiger charge is 2.31. The van der Waals surface area contributed by atoms with Crippen molar-refractivity contribution in [3.05, 3.63) is 65.7 Å². The van der Waals surface area contributed by atoms with Gasteiger partial charge in [0, 0.05) is 38.1 Å². The summed E-state index contributed by atoms with van der Waals surface area (Å²) in [5.41, 5.74) is 0.471. The number of nitrogens with one attached hydrogen (secondary N) is 3. The molecule has 1 aromatic rings. The lowest BCUT2D eigenvalue weighted by molar-refractivity contribution is -0.137. The van der Waals surface area contributed by atoms with Gasteiger partial charge in [-0.05, 0) is 37.4 Å². The lowest BCUT2D eigenvalue weighted by atomic mass is 10.1. The lowest BCUT2D eigenvalue weighted by Crippen LogP contribution is -2.52. The molecule has 3 aliphatic heterocycles. The van der Waals surface area contributed by atoms with Crippen LogP contribution in [0.15, 0.2) is 60.1 Å². The van der Waals surface area contributed by atoms with Crippen molar-refractivity contribution >= 4 is 5.69 Å². The molecule has 156 valence electrons. The van der Waals surface area contributed by atoms with Crippen molar-refractivity contribution in [2.24, 2.45) is 0 Å². The van der Waals surface area contributed by atoms with E-state index in [1.54, 1.807) is 6.07 Å². The van der Waals surface area contributed by atoms with Gasteiger partial charge < -0.3 is 25.6 Å². The molecular formula is C20H24F3N5O. The second-order valence-electron chi connectivity index (χ2n) is 7.29. The van der Waals surface area contributed by atoms with Crippen LogP contribution in [0.1, 0.15) is 5.56 Å². The van der Waals surface area contributed by atoms with Gasteiger partial charge in [-0.15, -0.1) is 0 Å². The zero-order chi connectivity index (χ0) is 20.4. The summed E-state index contributed by atoms with van der Waals surface area (Å²) in [7, 11) is 2.10. The fraction of sp³-hybridized carbons (Fsp3) is 0.400. The molecule has 0 spiro atoms. The first-order valence-electron chi connectivity index (χ1n) is 9.53. The molecule has 2 unspecified atom stereocenters. The van der Waals surface area contributed by atoms with E-state index in [1.165, 1.54) is 6.07 Å². The van der Waals surface area contributed by atoms with Gasteiger partial charge in [-0.3, -0.25) is 0 Å². The molecule has 0 aromatic heterocycles. The predicted octanol–water partition coefficient (Wildman–Crippen LogP) is 2.48. The Morgan fingerprint density at radius 1 is 1.17 bits per heavy atom. The first kappa shape index (κ1) is 19.7. The maximum Gasteiger partial charge on any atom is 0.416 e. The highest BCUT2D eigenvalue weighted by atomic mass is 19.4. The SMILES string of the molecule is CN1CCN(C2NC=C(C3=CC=CC(Nc4cccc(C(F)(F)F)c4)N3)O2)CC1. The average Bonchev–Trinajstić information content (AvgIpc) is 3.19. The van der Waals surface area contributed by atoms with E-state index in [1.807, 2.05) is 24.4 Å². The first-order chi connectivity index (χ1) is 13.9. The molecule has 9 heteroatoms. The third-order valence-electron chi connectivity index (χ3n) is 5.12. The second kappa shape index (κ2) is 8.00. The minimum absolute atomic E-state index is 0.206. The van der Waals surface area contributed by atoms with E-state index < -0.39 is 11.7 Å². The quantitative estimate of drug-likeness (QED) is 0.713. The number of nitrogens with zero attached hydrogens (tertiary/aromatic N) is 2. The van der Waals surface area contributed by atoms with Crippen LogP contribution < -0.4 is 16.0 Å². The number of allylic oxidation sites excluding steroid dienone is 2. The summed E-state index contributed by atoms with van der Waals surface area (Å²) in [5.74, 6) is 0.675. The Morgan fingerprint density at radius 2 is 1.97 bits per heavy atom. The zero-order valence-electron chi connectivity index (χ0n) is 16.0. The van der Waals surface area contributed by atoms with Crippen LogP contribution in [0.25, 0.3) is 0 Å². The van der Waals surface area contributed by atoms with Crippen LogP contribution in [0.5, 0.6) is 0 Å². The van der Waals surface area contributed by atoms with Gasteiger partial charge in [0.05, 0.1) is 11.3 Å². The Bertz CT molecular complexity index is 828. The highest BCUT2D eigenvalue weighted by Crippen LogP contribution is 2.31. The van der Waals surface area contributed by atoms with Crippen molar-refractivity contribution in [3.63, 3.8) is 0 Å². The van der Waals surface area contributed by atoms with Gasteiger partial charge >= 0.3 is 6.18 Å². The molecule has 3 N–H and O–H groups in total. The molecule has 2 atom stereocenters. The molecular weight excluding hydrogens is 383 g/mol. The number of piperazine rings is 1. The molecule has 1 aromatic carbocycles. The van der Waals surface area contributed by atoms with Crippen molar-refractivity contribution in [2.75, 3.05) is 38.5 Å². The fourth-order valence-corrected chi connectivity index (χ4v) is 3.44. The number of hydrogen-bond acceptors (Lipinski definition) is 6. The van der Waals surface area contributed by atoms with E-state index in [0.29, 0.717) is 11.4 Å². The number of halogens is 3. The van der Waals surface area contributed by atoms with Crippen LogP contribution in [0.2, 0.25) is 0 Å². The molecule has 0 amide bonds. The number of benzene rings is 1. The molecule has 0 aliphatic carbocycles. The van der Waals surface area contributed by atoms with E-state index in [-0.39, 0.29) is 12.5 Å².